The fourth-order valence-corrected chi connectivity index (χ4v) is 2.31. The summed E-state index contributed by atoms with van der Waals surface area (Å²) >= 11 is 0. The number of aliphatic hydroxyl groups is 2. The van der Waals surface area contributed by atoms with Crippen LogP contribution in [0.5, 0.6) is 0 Å². The Bertz CT molecular complexity index is 251. The summed E-state index contributed by atoms with van der Waals surface area (Å²) in [4.78, 5) is 0. The minimum Gasteiger partial charge on any atom is -0.392 e. The third-order valence-electron chi connectivity index (χ3n) is 3.08. The number of rotatable bonds is 4. The van der Waals surface area contributed by atoms with Gasteiger partial charge in [-0.1, -0.05) is 25.5 Å². The third-order valence-corrected chi connectivity index (χ3v) is 3.08. The van der Waals surface area contributed by atoms with Crippen LogP contribution in [0.1, 0.15) is 33.1 Å². The van der Waals surface area contributed by atoms with Crippen molar-refractivity contribution in [3.05, 3.63) is 23.8 Å². The zero-order valence-electron chi connectivity index (χ0n) is 9.08. The van der Waals surface area contributed by atoms with Gasteiger partial charge in [-0.2, -0.15) is 0 Å². The number of allylic oxidation sites excluding steroid dienone is 2. The molecular formula is C12H20O2. The van der Waals surface area contributed by atoms with Crippen molar-refractivity contribution in [2.24, 2.45) is 5.41 Å². The van der Waals surface area contributed by atoms with Gasteiger partial charge in [0.1, 0.15) is 0 Å². The molecule has 0 aromatic rings. The average molecular weight is 196 g/mol. The van der Waals surface area contributed by atoms with E-state index in [1.807, 2.05) is 6.08 Å². The molecule has 2 nitrogen and oxygen atoms in total. The maximum absolute atomic E-state index is 9.75. The highest BCUT2D eigenvalue weighted by Crippen LogP contribution is 2.44. The Hall–Kier alpha value is -0.600. The fraction of sp³-hybridized carbons (Fsp3) is 0.667. The van der Waals surface area contributed by atoms with E-state index in [9.17, 15) is 10.2 Å². The van der Waals surface area contributed by atoms with Crippen LogP contribution in [0.3, 0.4) is 0 Å². The molecule has 0 aromatic carbocycles. The Kier molecular flexibility index (Phi) is 3.51. The van der Waals surface area contributed by atoms with Crippen molar-refractivity contribution < 1.29 is 10.2 Å². The van der Waals surface area contributed by atoms with Crippen molar-refractivity contribution in [2.45, 2.75) is 39.2 Å². The highest BCUT2D eigenvalue weighted by Gasteiger charge is 2.36. The van der Waals surface area contributed by atoms with Crippen molar-refractivity contribution in [3.63, 3.8) is 0 Å². The minimum atomic E-state index is -0.449. The summed E-state index contributed by atoms with van der Waals surface area (Å²) in [6.45, 7) is 7.92. The van der Waals surface area contributed by atoms with Crippen LogP contribution >= 0.6 is 0 Å². The van der Waals surface area contributed by atoms with E-state index < -0.39 is 6.10 Å². The van der Waals surface area contributed by atoms with E-state index in [1.54, 1.807) is 0 Å². The molecule has 2 N–H and O–H groups in total. The van der Waals surface area contributed by atoms with Crippen molar-refractivity contribution in [2.75, 3.05) is 6.61 Å². The summed E-state index contributed by atoms with van der Waals surface area (Å²) in [7, 11) is 0. The standard InChI is InChI=1S/C12H20O2/c1-4-5-6-10-9(8-13)11(14)7-12(10,2)3/h4,11,13-14H,1,5-8H2,2-3H3/t11-/m0/s1. The first-order chi connectivity index (χ1) is 6.53. The summed E-state index contributed by atoms with van der Waals surface area (Å²) in [5.74, 6) is 0. The van der Waals surface area contributed by atoms with Crippen molar-refractivity contribution in [1.82, 2.24) is 0 Å². The quantitative estimate of drug-likeness (QED) is 0.675. The van der Waals surface area contributed by atoms with E-state index in [4.69, 9.17) is 0 Å². The molecule has 2 heteroatoms. The second-order valence-electron chi connectivity index (χ2n) is 4.59. The molecule has 14 heavy (non-hydrogen) atoms. The first kappa shape index (κ1) is 11.5. The Morgan fingerprint density at radius 1 is 1.57 bits per heavy atom. The van der Waals surface area contributed by atoms with Gasteiger partial charge < -0.3 is 10.2 Å². The van der Waals surface area contributed by atoms with Crippen LogP contribution in [-0.2, 0) is 0 Å². The van der Waals surface area contributed by atoms with Crippen LogP contribution < -0.4 is 0 Å². The van der Waals surface area contributed by atoms with E-state index in [-0.39, 0.29) is 12.0 Å². The molecule has 0 amide bonds. The van der Waals surface area contributed by atoms with Crippen LogP contribution in [-0.4, -0.2) is 22.9 Å². The van der Waals surface area contributed by atoms with Gasteiger partial charge in [-0.25, -0.2) is 0 Å². The van der Waals surface area contributed by atoms with Gasteiger partial charge in [-0.15, -0.1) is 6.58 Å². The molecule has 0 aromatic heterocycles. The van der Waals surface area contributed by atoms with E-state index >= 15 is 0 Å². The molecule has 0 bridgehead atoms. The summed E-state index contributed by atoms with van der Waals surface area (Å²) in [5, 5.41) is 18.9. The van der Waals surface area contributed by atoms with Crippen LogP contribution in [0.25, 0.3) is 0 Å². The highest BCUT2D eigenvalue weighted by atomic mass is 16.3. The molecule has 0 radical (unpaired) electrons. The zero-order valence-corrected chi connectivity index (χ0v) is 9.08. The van der Waals surface area contributed by atoms with Crippen LogP contribution in [0.15, 0.2) is 23.8 Å². The predicted octanol–water partition coefficient (Wildman–Crippen LogP) is 2.03. The van der Waals surface area contributed by atoms with E-state index in [0.717, 1.165) is 24.8 Å². The van der Waals surface area contributed by atoms with Gasteiger partial charge in [-0.3, -0.25) is 0 Å². The molecule has 80 valence electrons. The van der Waals surface area contributed by atoms with Crippen molar-refractivity contribution in [1.29, 1.82) is 0 Å². The molecule has 0 fully saturated rings. The van der Waals surface area contributed by atoms with Crippen LogP contribution in [0.2, 0.25) is 0 Å². The maximum Gasteiger partial charge on any atom is 0.0783 e. The lowest BCUT2D eigenvalue weighted by molar-refractivity contribution is 0.168. The normalized spacial score (nSPS) is 25.6. The Labute approximate surface area is 86.0 Å². The Morgan fingerprint density at radius 3 is 2.71 bits per heavy atom. The largest absolute Gasteiger partial charge is 0.392 e. The first-order valence-corrected chi connectivity index (χ1v) is 5.15. The van der Waals surface area contributed by atoms with Gasteiger partial charge in [0, 0.05) is 0 Å². The summed E-state index contributed by atoms with van der Waals surface area (Å²) in [5.41, 5.74) is 2.07. The van der Waals surface area contributed by atoms with Crippen molar-refractivity contribution >= 4 is 0 Å². The third kappa shape index (κ3) is 2.07. The second kappa shape index (κ2) is 4.28. The number of aliphatic hydroxyl groups excluding tert-OH is 2. The lowest BCUT2D eigenvalue weighted by Crippen LogP contribution is -2.13. The summed E-state index contributed by atoms with van der Waals surface area (Å²) in [6.07, 6.45) is 3.98. The second-order valence-corrected chi connectivity index (χ2v) is 4.59. The molecule has 1 rings (SSSR count). The molecule has 0 heterocycles. The Morgan fingerprint density at radius 2 is 2.21 bits per heavy atom. The molecule has 1 aliphatic rings. The zero-order chi connectivity index (χ0) is 10.8. The topological polar surface area (TPSA) is 40.5 Å². The van der Waals surface area contributed by atoms with E-state index in [0.29, 0.717) is 0 Å². The van der Waals surface area contributed by atoms with Crippen molar-refractivity contribution in [3.8, 4) is 0 Å². The molecule has 0 aliphatic heterocycles. The summed E-state index contributed by atoms with van der Waals surface area (Å²) in [6, 6.07) is 0. The monoisotopic (exact) mass is 196 g/mol. The molecule has 0 saturated carbocycles. The molecule has 1 atom stereocenters. The van der Waals surface area contributed by atoms with Gasteiger partial charge >= 0.3 is 0 Å². The Balaban J connectivity index is 2.89. The van der Waals surface area contributed by atoms with Gasteiger partial charge in [0.15, 0.2) is 0 Å². The smallest absolute Gasteiger partial charge is 0.0783 e. The van der Waals surface area contributed by atoms with Gasteiger partial charge in [-0.05, 0) is 30.3 Å². The van der Waals surface area contributed by atoms with Gasteiger partial charge in [0.25, 0.3) is 0 Å². The maximum atomic E-state index is 9.75. The lowest BCUT2D eigenvalue weighted by Gasteiger charge is -2.22. The number of hydrogen-bond donors (Lipinski definition) is 2. The van der Waals surface area contributed by atoms with Crippen LogP contribution in [0.4, 0.5) is 0 Å². The SMILES string of the molecule is C=CCCC1=C(CO)[C@@H](O)CC1(C)C. The summed E-state index contributed by atoms with van der Waals surface area (Å²) < 4.78 is 0. The van der Waals surface area contributed by atoms with Crippen LogP contribution in [0, 0.1) is 5.41 Å². The molecule has 1 aliphatic carbocycles. The average Bonchev–Trinajstić information content (AvgIpc) is 2.31. The number of hydrogen-bond acceptors (Lipinski definition) is 2. The highest BCUT2D eigenvalue weighted by molar-refractivity contribution is 5.31. The molecule has 0 spiro atoms. The van der Waals surface area contributed by atoms with E-state index in [2.05, 4.69) is 20.4 Å². The van der Waals surface area contributed by atoms with Gasteiger partial charge in [0.05, 0.1) is 12.7 Å². The molecular weight excluding hydrogens is 176 g/mol. The predicted molar refractivity (Wildman–Crippen MR) is 57.9 cm³/mol. The minimum absolute atomic E-state index is 0.0168. The first-order valence-electron chi connectivity index (χ1n) is 5.15. The molecule has 0 saturated heterocycles. The van der Waals surface area contributed by atoms with E-state index in [1.165, 1.54) is 5.57 Å². The molecule has 0 unspecified atom stereocenters. The fourth-order valence-electron chi connectivity index (χ4n) is 2.31. The van der Waals surface area contributed by atoms with Gasteiger partial charge in [0.2, 0.25) is 0 Å². The lowest BCUT2D eigenvalue weighted by atomic mass is 9.83.